The third-order valence-corrected chi connectivity index (χ3v) is 3.39. The average molecular weight is 184 g/mol. The fourth-order valence-electron chi connectivity index (χ4n) is 1.96. The van der Waals surface area contributed by atoms with E-state index >= 15 is 0 Å². The van der Waals surface area contributed by atoms with Crippen molar-refractivity contribution < 1.29 is 0 Å². The van der Waals surface area contributed by atoms with Crippen LogP contribution < -0.4 is 5.32 Å². The summed E-state index contributed by atoms with van der Waals surface area (Å²) in [7, 11) is 2.20. The molecule has 3 atom stereocenters. The van der Waals surface area contributed by atoms with Crippen molar-refractivity contribution in [2.24, 2.45) is 5.92 Å². The fourth-order valence-corrected chi connectivity index (χ4v) is 1.96. The van der Waals surface area contributed by atoms with Gasteiger partial charge in [-0.1, -0.05) is 20.3 Å². The molecule has 1 aliphatic heterocycles. The zero-order chi connectivity index (χ0) is 9.84. The molecule has 1 aliphatic rings. The lowest BCUT2D eigenvalue weighted by molar-refractivity contribution is 0.337. The van der Waals surface area contributed by atoms with Gasteiger partial charge in [-0.25, -0.2) is 0 Å². The molecule has 0 amide bonds. The van der Waals surface area contributed by atoms with Crippen molar-refractivity contribution >= 4 is 0 Å². The number of hydrogen-bond acceptors (Lipinski definition) is 2. The molecular weight excluding hydrogens is 160 g/mol. The molecule has 1 fully saturated rings. The van der Waals surface area contributed by atoms with E-state index in [1.54, 1.807) is 0 Å². The summed E-state index contributed by atoms with van der Waals surface area (Å²) in [6.45, 7) is 9.39. The molecule has 1 N–H and O–H groups in total. The van der Waals surface area contributed by atoms with E-state index in [1.165, 1.54) is 25.9 Å². The summed E-state index contributed by atoms with van der Waals surface area (Å²) in [5.41, 5.74) is 0. The van der Waals surface area contributed by atoms with Gasteiger partial charge in [-0.2, -0.15) is 0 Å². The van der Waals surface area contributed by atoms with Gasteiger partial charge in [-0.15, -0.1) is 0 Å². The van der Waals surface area contributed by atoms with Crippen LogP contribution in [0.4, 0.5) is 0 Å². The Morgan fingerprint density at radius 1 is 1.46 bits per heavy atom. The highest BCUT2D eigenvalue weighted by molar-refractivity contribution is 4.82. The quantitative estimate of drug-likeness (QED) is 0.715. The molecule has 0 aliphatic carbocycles. The first kappa shape index (κ1) is 11.0. The van der Waals surface area contributed by atoms with Gasteiger partial charge in [-0.05, 0) is 32.9 Å². The van der Waals surface area contributed by atoms with E-state index in [4.69, 9.17) is 0 Å². The Morgan fingerprint density at radius 3 is 2.62 bits per heavy atom. The Labute approximate surface area is 82.7 Å². The Kier molecular flexibility index (Phi) is 4.20. The maximum Gasteiger partial charge on any atom is 0.0209 e. The lowest BCUT2D eigenvalue weighted by atomic mass is 10.00. The minimum absolute atomic E-state index is 0.668. The summed E-state index contributed by atoms with van der Waals surface area (Å²) in [4.78, 5) is 2.40. The first-order valence-corrected chi connectivity index (χ1v) is 5.58. The summed E-state index contributed by atoms with van der Waals surface area (Å²) < 4.78 is 0. The maximum atomic E-state index is 3.72. The smallest absolute Gasteiger partial charge is 0.0209 e. The zero-order valence-electron chi connectivity index (χ0n) is 9.51. The number of nitrogens with one attached hydrogen (secondary N) is 1. The van der Waals surface area contributed by atoms with Crippen LogP contribution in [0.15, 0.2) is 0 Å². The monoisotopic (exact) mass is 184 g/mol. The van der Waals surface area contributed by atoms with Gasteiger partial charge in [-0.3, -0.25) is 0 Å². The fraction of sp³-hybridized carbons (Fsp3) is 1.00. The van der Waals surface area contributed by atoms with Crippen LogP contribution in [0.1, 0.15) is 33.6 Å². The molecule has 0 bridgehead atoms. The minimum atomic E-state index is 0.668. The molecule has 1 saturated heterocycles. The molecule has 0 aromatic heterocycles. The Bertz CT molecular complexity index is 147. The maximum absolute atomic E-state index is 3.72. The van der Waals surface area contributed by atoms with Crippen LogP contribution in [-0.2, 0) is 0 Å². The topological polar surface area (TPSA) is 15.3 Å². The van der Waals surface area contributed by atoms with Crippen molar-refractivity contribution in [1.82, 2.24) is 10.2 Å². The van der Waals surface area contributed by atoms with Crippen molar-refractivity contribution in [1.29, 1.82) is 0 Å². The highest BCUT2D eigenvalue weighted by Gasteiger charge is 2.21. The molecular formula is C11H24N2. The van der Waals surface area contributed by atoms with Gasteiger partial charge in [0.15, 0.2) is 0 Å². The Morgan fingerprint density at radius 2 is 2.15 bits per heavy atom. The summed E-state index contributed by atoms with van der Waals surface area (Å²) in [6.07, 6.45) is 2.59. The largest absolute Gasteiger partial charge is 0.310 e. The van der Waals surface area contributed by atoms with Crippen molar-refractivity contribution in [3.8, 4) is 0 Å². The van der Waals surface area contributed by atoms with Gasteiger partial charge in [0, 0.05) is 18.6 Å². The second-order valence-corrected chi connectivity index (χ2v) is 4.59. The first-order chi connectivity index (χ1) is 6.13. The van der Waals surface area contributed by atoms with E-state index < -0.39 is 0 Å². The van der Waals surface area contributed by atoms with Crippen LogP contribution in [0.5, 0.6) is 0 Å². The predicted molar refractivity (Wildman–Crippen MR) is 58.0 cm³/mol. The summed E-state index contributed by atoms with van der Waals surface area (Å²) in [5, 5.41) is 3.72. The van der Waals surface area contributed by atoms with E-state index in [0.717, 1.165) is 12.0 Å². The van der Waals surface area contributed by atoms with E-state index in [2.05, 4.69) is 38.0 Å². The van der Waals surface area contributed by atoms with Gasteiger partial charge in [0.1, 0.15) is 0 Å². The normalized spacial score (nSPS) is 29.1. The second kappa shape index (κ2) is 4.97. The molecule has 1 heterocycles. The number of likely N-dealkylation sites (tertiary alicyclic amines) is 1. The molecule has 0 aromatic rings. The van der Waals surface area contributed by atoms with Gasteiger partial charge in [0.25, 0.3) is 0 Å². The summed E-state index contributed by atoms with van der Waals surface area (Å²) in [5.74, 6) is 0.797. The summed E-state index contributed by atoms with van der Waals surface area (Å²) in [6, 6.07) is 1.40. The molecule has 0 spiro atoms. The van der Waals surface area contributed by atoms with Crippen molar-refractivity contribution in [3.05, 3.63) is 0 Å². The van der Waals surface area contributed by atoms with Gasteiger partial charge < -0.3 is 10.2 Å². The molecule has 13 heavy (non-hydrogen) atoms. The standard InChI is InChI=1S/C11H24N2/c1-5-9(2)10(3)12-11-6-7-13(4)8-11/h9-12H,5-8H2,1-4H3. The van der Waals surface area contributed by atoms with Crippen LogP contribution in [-0.4, -0.2) is 37.1 Å². The number of nitrogens with zero attached hydrogens (tertiary/aromatic N) is 1. The van der Waals surface area contributed by atoms with Crippen LogP contribution in [0.2, 0.25) is 0 Å². The van der Waals surface area contributed by atoms with Crippen molar-refractivity contribution in [2.75, 3.05) is 20.1 Å². The SMILES string of the molecule is CCC(C)C(C)NC1CCN(C)C1. The first-order valence-electron chi connectivity index (χ1n) is 5.58. The number of hydrogen-bond donors (Lipinski definition) is 1. The van der Waals surface area contributed by atoms with E-state index in [0.29, 0.717) is 6.04 Å². The lowest BCUT2D eigenvalue weighted by Crippen LogP contribution is -2.41. The molecule has 1 rings (SSSR count). The van der Waals surface area contributed by atoms with Crippen LogP contribution in [0, 0.1) is 5.92 Å². The summed E-state index contributed by atoms with van der Waals surface area (Å²) >= 11 is 0. The van der Waals surface area contributed by atoms with E-state index in [1.807, 2.05) is 0 Å². The number of likely N-dealkylation sites (N-methyl/N-ethyl adjacent to an activating group) is 1. The third kappa shape index (κ3) is 3.28. The minimum Gasteiger partial charge on any atom is -0.310 e. The zero-order valence-corrected chi connectivity index (χ0v) is 9.51. The Balaban J connectivity index is 2.24. The molecule has 2 heteroatoms. The highest BCUT2D eigenvalue weighted by Crippen LogP contribution is 2.12. The van der Waals surface area contributed by atoms with E-state index in [9.17, 15) is 0 Å². The van der Waals surface area contributed by atoms with Gasteiger partial charge in [0.2, 0.25) is 0 Å². The molecule has 2 nitrogen and oxygen atoms in total. The van der Waals surface area contributed by atoms with Crippen molar-refractivity contribution in [2.45, 2.75) is 45.7 Å². The van der Waals surface area contributed by atoms with Gasteiger partial charge >= 0.3 is 0 Å². The molecule has 0 saturated carbocycles. The highest BCUT2D eigenvalue weighted by atomic mass is 15.2. The molecule has 3 unspecified atom stereocenters. The predicted octanol–water partition coefficient (Wildman–Crippen LogP) is 1.71. The molecule has 0 radical (unpaired) electrons. The van der Waals surface area contributed by atoms with Crippen LogP contribution in [0.3, 0.4) is 0 Å². The third-order valence-electron chi connectivity index (χ3n) is 3.39. The lowest BCUT2D eigenvalue weighted by Gasteiger charge is -2.24. The van der Waals surface area contributed by atoms with Crippen molar-refractivity contribution in [3.63, 3.8) is 0 Å². The van der Waals surface area contributed by atoms with Crippen LogP contribution >= 0.6 is 0 Å². The molecule has 0 aromatic carbocycles. The second-order valence-electron chi connectivity index (χ2n) is 4.59. The molecule has 78 valence electrons. The average Bonchev–Trinajstić information content (AvgIpc) is 2.49. The Hall–Kier alpha value is -0.0800. The van der Waals surface area contributed by atoms with E-state index in [-0.39, 0.29) is 0 Å². The van der Waals surface area contributed by atoms with Gasteiger partial charge in [0.05, 0.1) is 0 Å². The van der Waals surface area contributed by atoms with Crippen LogP contribution in [0.25, 0.3) is 0 Å². The number of rotatable bonds is 4.